The molecule has 1 unspecified atom stereocenters. The van der Waals surface area contributed by atoms with Crippen LogP contribution < -0.4 is 4.74 Å². The summed E-state index contributed by atoms with van der Waals surface area (Å²) >= 11 is 0. The van der Waals surface area contributed by atoms with Gasteiger partial charge in [-0.05, 0) is 24.6 Å². The molecule has 2 rings (SSSR count). The number of nitrogens with zero attached hydrogens (tertiary/aromatic N) is 2. The molecule has 0 bridgehead atoms. The summed E-state index contributed by atoms with van der Waals surface area (Å²) in [5, 5.41) is 10.1. The minimum Gasteiger partial charge on any atom is -0.497 e. The number of methoxy groups -OCH3 is 1. The topological polar surface area (TPSA) is 55.2 Å². The minimum atomic E-state index is -0.576. The van der Waals surface area contributed by atoms with Crippen LogP contribution in [0.4, 0.5) is 0 Å². The van der Waals surface area contributed by atoms with Gasteiger partial charge in [-0.25, -0.2) is 0 Å². The maximum atomic E-state index is 10.1. The molecule has 0 aliphatic carbocycles. The van der Waals surface area contributed by atoms with Crippen LogP contribution in [-0.2, 0) is 6.42 Å². The van der Waals surface area contributed by atoms with Crippen molar-refractivity contribution in [1.29, 1.82) is 0 Å². The van der Waals surface area contributed by atoms with Crippen LogP contribution in [0.5, 0.6) is 5.75 Å². The van der Waals surface area contributed by atoms with Gasteiger partial charge in [-0.3, -0.25) is 9.97 Å². The molecule has 0 aliphatic rings. The van der Waals surface area contributed by atoms with Gasteiger partial charge in [0.15, 0.2) is 0 Å². The number of ether oxygens (including phenoxy) is 1. The molecule has 1 N–H and O–H groups in total. The summed E-state index contributed by atoms with van der Waals surface area (Å²) in [5.74, 6) is 0.779. The fourth-order valence-corrected chi connectivity index (χ4v) is 1.67. The van der Waals surface area contributed by atoms with Crippen LogP contribution in [0.2, 0.25) is 0 Å². The Morgan fingerprint density at radius 1 is 1.17 bits per heavy atom. The third-order valence-corrected chi connectivity index (χ3v) is 2.74. The number of aliphatic hydroxyl groups excluding tert-OH is 1. The van der Waals surface area contributed by atoms with Crippen LogP contribution in [0.15, 0.2) is 36.7 Å². The summed E-state index contributed by atoms with van der Waals surface area (Å²) < 4.78 is 5.08. The second-order valence-corrected chi connectivity index (χ2v) is 4.14. The van der Waals surface area contributed by atoms with Gasteiger partial charge in [-0.15, -0.1) is 0 Å². The Balaban J connectivity index is 2.06. The first-order chi connectivity index (χ1) is 8.69. The molecule has 4 heteroatoms. The van der Waals surface area contributed by atoms with E-state index in [1.54, 1.807) is 19.5 Å². The molecule has 0 radical (unpaired) electrons. The molecule has 1 heterocycles. The first kappa shape index (κ1) is 12.5. The predicted molar refractivity (Wildman–Crippen MR) is 68.4 cm³/mol. The Bertz CT molecular complexity index is 494. The van der Waals surface area contributed by atoms with Gasteiger partial charge in [0, 0.05) is 18.8 Å². The van der Waals surface area contributed by atoms with Crippen LogP contribution in [0, 0.1) is 6.92 Å². The number of aryl methyl sites for hydroxylation is 1. The number of aromatic nitrogens is 2. The smallest absolute Gasteiger partial charge is 0.118 e. The predicted octanol–water partition coefficient (Wildman–Crippen LogP) is 2.07. The van der Waals surface area contributed by atoms with Gasteiger partial charge < -0.3 is 9.84 Å². The van der Waals surface area contributed by atoms with E-state index in [9.17, 15) is 5.11 Å². The lowest BCUT2D eigenvalue weighted by molar-refractivity contribution is 0.177. The summed E-state index contributed by atoms with van der Waals surface area (Å²) in [4.78, 5) is 8.39. The maximum Gasteiger partial charge on any atom is 0.118 e. The lowest BCUT2D eigenvalue weighted by atomic mass is 10.1. The zero-order valence-corrected chi connectivity index (χ0v) is 10.5. The maximum absolute atomic E-state index is 10.1. The van der Waals surface area contributed by atoms with E-state index >= 15 is 0 Å². The molecule has 0 spiro atoms. The molecule has 4 nitrogen and oxygen atoms in total. The van der Waals surface area contributed by atoms with Crippen LogP contribution >= 0.6 is 0 Å². The Labute approximate surface area is 106 Å². The number of benzene rings is 1. The number of hydrogen-bond donors (Lipinski definition) is 1. The zero-order valence-electron chi connectivity index (χ0n) is 10.5. The lowest BCUT2D eigenvalue weighted by Crippen LogP contribution is -2.04. The molecule has 2 aromatic rings. The summed E-state index contributed by atoms with van der Waals surface area (Å²) in [6.45, 7) is 1.89. The van der Waals surface area contributed by atoms with Gasteiger partial charge in [0.05, 0.1) is 24.6 Å². The molecule has 0 amide bonds. The van der Waals surface area contributed by atoms with Gasteiger partial charge >= 0.3 is 0 Å². The van der Waals surface area contributed by atoms with Crippen LogP contribution in [0.3, 0.4) is 0 Å². The normalized spacial score (nSPS) is 12.2. The van der Waals surface area contributed by atoms with E-state index in [1.807, 2.05) is 31.2 Å². The van der Waals surface area contributed by atoms with E-state index in [0.717, 1.165) is 22.7 Å². The van der Waals surface area contributed by atoms with Gasteiger partial charge in [-0.1, -0.05) is 12.1 Å². The van der Waals surface area contributed by atoms with E-state index < -0.39 is 6.10 Å². The fraction of sp³-hybridized carbons (Fsp3) is 0.286. The molecule has 0 aliphatic heterocycles. The van der Waals surface area contributed by atoms with Gasteiger partial charge in [0.2, 0.25) is 0 Å². The van der Waals surface area contributed by atoms with E-state index in [-0.39, 0.29) is 0 Å². The standard InChI is InChI=1S/C14H16N2O2/c1-10-8-16-12(9-15-10)7-14(17)11-3-5-13(18-2)6-4-11/h3-6,8-9,14,17H,7H2,1-2H3. The van der Waals surface area contributed by atoms with Crippen molar-refractivity contribution in [1.82, 2.24) is 9.97 Å². The van der Waals surface area contributed by atoms with E-state index in [1.165, 1.54) is 0 Å². The quantitative estimate of drug-likeness (QED) is 0.894. The van der Waals surface area contributed by atoms with Crippen LogP contribution in [-0.4, -0.2) is 22.2 Å². The van der Waals surface area contributed by atoms with Crippen molar-refractivity contribution in [2.75, 3.05) is 7.11 Å². The van der Waals surface area contributed by atoms with Crippen LogP contribution in [0.25, 0.3) is 0 Å². The molecular formula is C14H16N2O2. The third kappa shape index (κ3) is 3.05. The molecule has 0 saturated heterocycles. The van der Waals surface area contributed by atoms with E-state index in [2.05, 4.69) is 9.97 Å². The molecule has 0 fully saturated rings. The highest BCUT2D eigenvalue weighted by Gasteiger charge is 2.09. The summed E-state index contributed by atoms with van der Waals surface area (Å²) in [7, 11) is 1.62. The van der Waals surface area contributed by atoms with Crippen molar-refractivity contribution in [3.05, 3.63) is 53.6 Å². The Kier molecular flexibility index (Phi) is 3.89. The van der Waals surface area contributed by atoms with Gasteiger partial charge in [0.1, 0.15) is 5.75 Å². The van der Waals surface area contributed by atoms with Crippen molar-refractivity contribution in [3.8, 4) is 5.75 Å². The molecular weight excluding hydrogens is 228 g/mol. The minimum absolute atomic E-state index is 0.458. The number of aliphatic hydroxyl groups is 1. The fourth-order valence-electron chi connectivity index (χ4n) is 1.67. The zero-order chi connectivity index (χ0) is 13.0. The molecule has 1 aromatic heterocycles. The molecule has 18 heavy (non-hydrogen) atoms. The lowest BCUT2D eigenvalue weighted by Gasteiger charge is -2.11. The Morgan fingerprint density at radius 2 is 1.89 bits per heavy atom. The summed E-state index contributed by atoms with van der Waals surface area (Å²) in [6, 6.07) is 7.37. The van der Waals surface area contributed by atoms with Crippen molar-refractivity contribution in [2.45, 2.75) is 19.4 Å². The highest BCUT2D eigenvalue weighted by molar-refractivity contribution is 5.28. The average molecular weight is 244 g/mol. The highest BCUT2D eigenvalue weighted by Crippen LogP contribution is 2.20. The highest BCUT2D eigenvalue weighted by atomic mass is 16.5. The van der Waals surface area contributed by atoms with Crippen molar-refractivity contribution in [2.24, 2.45) is 0 Å². The number of hydrogen-bond acceptors (Lipinski definition) is 4. The second kappa shape index (κ2) is 5.60. The number of rotatable bonds is 4. The van der Waals surface area contributed by atoms with Crippen molar-refractivity contribution >= 4 is 0 Å². The van der Waals surface area contributed by atoms with Crippen molar-refractivity contribution in [3.63, 3.8) is 0 Å². The van der Waals surface area contributed by atoms with Gasteiger partial charge in [-0.2, -0.15) is 0 Å². The molecule has 1 atom stereocenters. The summed E-state index contributed by atoms with van der Waals surface area (Å²) in [6.07, 6.45) is 3.28. The van der Waals surface area contributed by atoms with Gasteiger partial charge in [0.25, 0.3) is 0 Å². The first-order valence-electron chi connectivity index (χ1n) is 5.78. The summed E-state index contributed by atoms with van der Waals surface area (Å²) in [5.41, 5.74) is 2.50. The molecule has 0 saturated carbocycles. The van der Waals surface area contributed by atoms with E-state index in [0.29, 0.717) is 6.42 Å². The second-order valence-electron chi connectivity index (χ2n) is 4.14. The monoisotopic (exact) mass is 244 g/mol. The average Bonchev–Trinajstić information content (AvgIpc) is 2.41. The van der Waals surface area contributed by atoms with E-state index in [4.69, 9.17) is 4.74 Å². The molecule has 94 valence electrons. The SMILES string of the molecule is COc1ccc(C(O)Cc2cnc(C)cn2)cc1. The largest absolute Gasteiger partial charge is 0.497 e. The first-order valence-corrected chi connectivity index (χ1v) is 5.78. The van der Waals surface area contributed by atoms with Crippen molar-refractivity contribution < 1.29 is 9.84 Å². The Hall–Kier alpha value is -1.94. The Morgan fingerprint density at radius 3 is 2.44 bits per heavy atom. The molecule has 1 aromatic carbocycles. The third-order valence-electron chi connectivity index (χ3n) is 2.74. The van der Waals surface area contributed by atoms with Crippen LogP contribution in [0.1, 0.15) is 23.1 Å².